The zero-order chi connectivity index (χ0) is 31.6. The predicted molar refractivity (Wildman–Crippen MR) is 164 cm³/mol. The van der Waals surface area contributed by atoms with Crippen LogP contribution >= 0.6 is 0 Å². The van der Waals surface area contributed by atoms with Gasteiger partial charge in [-0.3, -0.25) is 19.2 Å². The third kappa shape index (κ3) is 8.22. The van der Waals surface area contributed by atoms with E-state index in [0.717, 1.165) is 38.5 Å². The molecule has 2 fully saturated rings. The molecule has 1 aliphatic carbocycles. The summed E-state index contributed by atoms with van der Waals surface area (Å²) in [6.45, 7) is 7.59. The fraction of sp³-hybridized carbons (Fsp3) is 0.594. The van der Waals surface area contributed by atoms with Crippen molar-refractivity contribution in [3.8, 4) is 0 Å². The summed E-state index contributed by atoms with van der Waals surface area (Å²) < 4.78 is 22.6. The van der Waals surface area contributed by atoms with Gasteiger partial charge >= 0.3 is 0 Å². The largest absolute Gasteiger partial charge is 0.378 e. The molecule has 1 saturated heterocycles. The summed E-state index contributed by atoms with van der Waals surface area (Å²) in [6, 6.07) is 5.16. The predicted octanol–water partition coefficient (Wildman–Crippen LogP) is 4.06. The van der Waals surface area contributed by atoms with E-state index in [-0.39, 0.29) is 29.8 Å². The van der Waals surface area contributed by atoms with Gasteiger partial charge < -0.3 is 25.6 Å². The monoisotopic (exact) mass is 612 g/mol. The quantitative estimate of drug-likeness (QED) is 0.259. The fourth-order valence-corrected chi connectivity index (χ4v) is 6.06. The van der Waals surface area contributed by atoms with Gasteiger partial charge in [0.15, 0.2) is 0 Å². The van der Waals surface area contributed by atoms with Crippen molar-refractivity contribution in [1.29, 1.82) is 0 Å². The number of nitrogens with one attached hydrogen (secondary N) is 3. The van der Waals surface area contributed by atoms with Crippen molar-refractivity contribution < 1.29 is 28.3 Å². The Labute approximate surface area is 258 Å². The van der Waals surface area contributed by atoms with Gasteiger partial charge in [0.25, 0.3) is 0 Å². The number of benzene rings is 1. The molecule has 4 rings (SSSR count). The van der Waals surface area contributed by atoms with Crippen LogP contribution in [0.5, 0.6) is 0 Å². The lowest BCUT2D eigenvalue weighted by Gasteiger charge is -2.33. The van der Waals surface area contributed by atoms with Crippen molar-refractivity contribution >= 4 is 35.1 Å². The number of halogens is 1. The first-order valence-corrected chi connectivity index (χ1v) is 15.8. The Morgan fingerprint density at radius 1 is 1.00 bits per heavy atom. The Bertz CT molecular complexity index is 1300. The van der Waals surface area contributed by atoms with Crippen LogP contribution in [0.1, 0.15) is 77.2 Å². The number of aromatic nitrogens is 2. The van der Waals surface area contributed by atoms with Crippen LogP contribution in [0, 0.1) is 17.7 Å². The topological polar surface area (TPSA) is 135 Å². The number of anilines is 2. The molecule has 1 saturated carbocycles. The van der Waals surface area contributed by atoms with Crippen molar-refractivity contribution in [2.75, 3.05) is 36.9 Å². The minimum atomic E-state index is -1.01. The molecule has 2 aromatic rings. The first kappa shape index (κ1) is 33.1. The highest BCUT2D eigenvalue weighted by atomic mass is 19.1. The molecule has 11 nitrogen and oxygen atoms in total. The lowest BCUT2D eigenvalue weighted by atomic mass is 9.84. The van der Waals surface area contributed by atoms with E-state index in [0.29, 0.717) is 44.2 Å². The SMILES string of the molecule is CCC(=O)N[C@@H](C(=O)N1CCOCC1)[C@@H](C)c1ccc(NC(=O)[C@@H](C(=O)Nc2ccnn2CC)C2CCCCCC2)c(F)c1. The van der Waals surface area contributed by atoms with Crippen LogP contribution in [0.4, 0.5) is 15.9 Å². The zero-order valence-corrected chi connectivity index (χ0v) is 25.9. The van der Waals surface area contributed by atoms with Gasteiger partial charge in [-0.25, -0.2) is 9.07 Å². The Hall–Kier alpha value is -3.80. The van der Waals surface area contributed by atoms with E-state index >= 15 is 4.39 Å². The molecule has 0 spiro atoms. The van der Waals surface area contributed by atoms with Crippen LogP contribution in [0.15, 0.2) is 30.5 Å². The number of nitrogens with zero attached hydrogens (tertiary/aromatic N) is 3. The summed E-state index contributed by atoms with van der Waals surface area (Å²) in [4.78, 5) is 54.6. The van der Waals surface area contributed by atoms with E-state index in [1.165, 1.54) is 12.1 Å². The van der Waals surface area contributed by atoms with Gasteiger partial charge in [-0.2, -0.15) is 5.10 Å². The summed E-state index contributed by atoms with van der Waals surface area (Å²) in [6.07, 6.45) is 7.22. The molecule has 4 amide bonds. The first-order valence-electron chi connectivity index (χ1n) is 15.8. The number of rotatable bonds is 11. The highest BCUT2D eigenvalue weighted by Gasteiger charge is 2.36. The molecule has 2 heterocycles. The minimum Gasteiger partial charge on any atom is -0.378 e. The fourth-order valence-electron chi connectivity index (χ4n) is 6.06. The second-order valence-electron chi connectivity index (χ2n) is 11.6. The molecule has 0 bridgehead atoms. The molecular weight excluding hydrogens is 567 g/mol. The Morgan fingerprint density at radius 3 is 2.32 bits per heavy atom. The maximum absolute atomic E-state index is 15.6. The van der Waals surface area contributed by atoms with E-state index < -0.39 is 35.5 Å². The Kier molecular flexibility index (Phi) is 11.9. The van der Waals surface area contributed by atoms with E-state index in [4.69, 9.17) is 4.74 Å². The third-order valence-corrected chi connectivity index (χ3v) is 8.71. The molecule has 240 valence electrons. The van der Waals surface area contributed by atoms with Gasteiger partial charge in [0, 0.05) is 38.0 Å². The minimum absolute atomic E-state index is 0.0513. The molecule has 3 N–H and O–H groups in total. The van der Waals surface area contributed by atoms with Crippen molar-refractivity contribution in [3.05, 3.63) is 41.8 Å². The normalized spacial score (nSPS) is 18.0. The lowest BCUT2D eigenvalue weighted by molar-refractivity contribution is -0.140. The van der Waals surface area contributed by atoms with Crippen LogP contribution in [0.2, 0.25) is 0 Å². The number of carbonyl (C=O) groups excluding carboxylic acids is 4. The van der Waals surface area contributed by atoms with E-state index in [1.54, 1.807) is 41.8 Å². The average molecular weight is 613 g/mol. The second-order valence-corrected chi connectivity index (χ2v) is 11.6. The smallest absolute Gasteiger partial charge is 0.245 e. The summed E-state index contributed by atoms with van der Waals surface area (Å²) in [5.74, 6) is -3.44. The van der Waals surface area contributed by atoms with Crippen LogP contribution in [0.25, 0.3) is 0 Å². The lowest BCUT2D eigenvalue weighted by Crippen LogP contribution is -2.53. The summed E-state index contributed by atoms with van der Waals surface area (Å²) >= 11 is 0. The molecule has 3 atom stereocenters. The molecule has 1 aliphatic heterocycles. The van der Waals surface area contributed by atoms with Crippen molar-refractivity contribution in [2.45, 2.75) is 84.2 Å². The van der Waals surface area contributed by atoms with Crippen LogP contribution in [0.3, 0.4) is 0 Å². The van der Waals surface area contributed by atoms with Crippen molar-refractivity contribution in [2.24, 2.45) is 11.8 Å². The highest BCUT2D eigenvalue weighted by Crippen LogP contribution is 2.32. The maximum atomic E-state index is 15.6. The first-order chi connectivity index (χ1) is 21.2. The van der Waals surface area contributed by atoms with E-state index in [2.05, 4.69) is 21.0 Å². The number of aryl methyl sites for hydroxylation is 1. The van der Waals surface area contributed by atoms with Crippen LogP contribution < -0.4 is 16.0 Å². The highest BCUT2D eigenvalue weighted by molar-refractivity contribution is 6.10. The van der Waals surface area contributed by atoms with Gasteiger partial charge in [-0.15, -0.1) is 0 Å². The van der Waals surface area contributed by atoms with Gasteiger partial charge in [0.05, 0.1) is 25.1 Å². The van der Waals surface area contributed by atoms with Crippen molar-refractivity contribution in [1.82, 2.24) is 20.0 Å². The molecule has 0 unspecified atom stereocenters. The van der Waals surface area contributed by atoms with Gasteiger partial charge in [0.1, 0.15) is 23.6 Å². The average Bonchev–Trinajstić information content (AvgIpc) is 3.31. The number of ether oxygens (including phenoxy) is 1. The number of morpholine rings is 1. The van der Waals surface area contributed by atoms with Gasteiger partial charge in [0.2, 0.25) is 23.6 Å². The molecule has 1 aromatic carbocycles. The number of amides is 4. The Balaban J connectivity index is 1.53. The van der Waals surface area contributed by atoms with E-state index in [9.17, 15) is 19.2 Å². The number of carbonyl (C=O) groups is 4. The van der Waals surface area contributed by atoms with Gasteiger partial charge in [-0.05, 0) is 43.4 Å². The maximum Gasteiger partial charge on any atom is 0.245 e. The third-order valence-electron chi connectivity index (χ3n) is 8.71. The molecule has 0 radical (unpaired) electrons. The molecule has 2 aliphatic rings. The van der Waals surface area contributed by atoms with Gasteiger partial charge in [-0.1, -0.05) is 45.6 Å². The molecule has 44 heavy (non-hydrogen) atoms. The molecule has 1 aromatic heterocycles. The standard InChI is InChI=1S/C32H45FN6O5/c1-4-27(40)37-29(32(43)38-16-18-44-19-17-38)21(3)23-12-13-25(24(33)20-23)35-30(41)28(22-10-8-6-7-9-11-22)31(42)36-26-14-15-34-39(26)5-2/h12-15,20-22,28-29H,4-11,16-19H2,1-3H3,(H,35,41)(H,36,42)(H,37,40)/t21-,28-,29+/m0/s1. The Morgan fingerprint density at radius 2 is 1.68 bits per heavy atom. The van der Waals surface area contributed by atoms with Crippen LogP contribution in [-0.2, 0) is 30.5 Å². The summed E-state index contributed by atoms with van der Waals surface area (Å²) in [5, 5.41) is 12.5. The second kappa shape index (κ2) is 15.8. The van der Waals surface area contributed by atoms with Crippen LogP contribution in [-0.4, -0.2) is 70.7 Å². The number of hydrogen-bond donors (Lipinski definition) is 3. The molecular formula is C32H45FN6O5. The zero-order valence-electron chi connectivity index (χ0n) is 25.9. The summed E-state index contributed by atoms with van der Waals surface area (Å²) in [5.41, 5.74) is 0.444. The van der Waals surface area contributed by atoms with E-state index in [1.807, 2.05) is 6.92 Å². The summed E-state index contributed by atoms with van der Waals surface area (Å²) in [7, 11) is 0. The molecule has 12 heteroatoms. The van der Waals surface area contributed by atoms with Crippen molar-refractivity contribution in [3.63, 3.8) is 0 Å². The number of hydrogen-bond acceptors (Lipinski definition) is 6.